The van der Waals surface area contributed by atoms with E-state index in [4.69, 9.17) is 10.00 Å². The average Bonchev–Trinajstić information content (AvgIpc) is 2.15. The number of hydrogen-bond acceptors (Lipinski definition) is 3. The van der Waals surface area contributed by atoms with Crippen molar-refractivity contribution in [3.05, 3.63) is 24.3 Å². The van der Waals surface area contributed by atoms with E-state index in [0.29, 0.717) is 6.54 Å². The number of nitriles is 1. The second-order valence-corrected chi connectivity index (χ2v) is 2.21. The third-order valence-corrected chi connectivity index (χ3v) is 1.46. The summed E-state index contributed by atoms with van der Waals surface area (Å²) in [6, 6.07) is 9.50. The SMILES string of the molecule is COc1ccccc1NCC#N. The van der Waals surface area contributed by atoms with Gasteiger partial charge < -0.3 is 10.1 Å². The molecule has 0 aliphatic carbocycles. The van der Waals surface area contributed by atoms with Crippen LogP contribution in [0.4, 0.5) is 5.69 Å². The van der Waals surface area contributed by atoms with Crippen molar-refractivity contribution < 1.29 is 4.74 Å². The Bertz CT molecular complexity index is 291. The standard InChI is InChI=1S/C9H10N2O/c1-12-9-5-3-2-4-8(9)11-7-6-10/h2-5,11H,7H2,1H3. The van der Waals surface area contributed by atoms with E-state index in [0.717, 1.165) is 11.4 Å². The van der Waals surface area contributed by atoms with Crippen LogP contribution in [0.25, 0.3) is 0 Å². The second-order valence-electron chi connectivity index (χ2n) is 2.21. The van der Waals surface area contributed by atoms with Crippen LogP contribution in [0.15, 0.2) is 24.3 Å². The van der Waals surface area contributed by atoms with Crippen LogP contribution in [0, 0.1) is 11.3 Å². The van der Waals surface area contributed by atoms with E-state index in [2.05, 4.69) is 5.32 Å². The van der Waals surface area contributed by atoms with Crippen LogP contribution in [-0.4, -0.2) is 13.7 Å². The van der Waals surface area contributed by atoms with Gasteiger partial charge in [0.05, 0.1) is 18.9 Å². The molecule has 0 saturated heterocycles. The number of methoxy groups -OCH3 is 1. The highest BCUT2D eigenvalue weighted by atomic mass is 16.5. The Morgan fingerprint density at radius 2 is 2.25 bits per heavy atom. The molecule has 62 valence electrons. The van der Waals surface area contributed by atoms with Crippen molar-refractivity contribution in [3.8, 4) is 11.8 Å². The number of hydrogen-bond donors (Lipinski definition) is 1. The monoisotopic (exact) mass is 162 g/mol. The maximum atomic E-state index is 8.34. The van der Waals surface area contributed by atoms with Gasteiger partial charge in [0.2, 0.25) is 0 Å². The molecule has 3 nitrogen and oxygen atoms in total. The van der Waals surface area contributed by atoms with Crippen LogP contribution < -0.4 is 10.1 Å². The molecule has 0 radical (unpaired) electrons. The highest BCUT2D eigenvalue weighted by Gasteiger charge is 1.97. The average molecular weight is 162 g/mol. The van der Waals surface area contributed by atoms with E-state index in [-0.39, 0.29) is 0 Å². The van der Waals surface area contributed by atoms with Crippen LogP contribution in [0.1, 0.15) is 0 Å². The van der Waals surface area contributed by atoms with Crippen molar-refractivity contribution in [2.45, 2.75) is 0 Å². The first-order chi connectivity index (χ1) is 5.88. The zero-order valence-electron chi connectivity index (χ0n) is 6.87. The van der Waals surface area contributed by atoms with Crippen molar-refractivity contribution in [3.63, 3.8) is 0 Å². The third kappa shape index (κ3) is 1.89. The lowest BCUT2D eigenvalue weighted by atomic mass is 10.3. The molecular formula is C9H10N2O. The van der Waals surface area contributed by atoms with E-state index >= 15 is 0 Å². The highest BCUT2D eigenvalue weighted by Crippen LogP contribution is 2.22. The van der Waals surface area contributed by atoms with Crippen molar-refractivity contribution in [2.75, 3.05) is 19.0 Å². The van der Waals surface area contributed by atoms with Gasteiger partial charge >= 0.3 is 0 Å². The lowest BCUT2D eigenvalue weighted by Gasteiger charge is -2.07. The van der Waals surface area contributed by atoms with Crippen molar-refractivity contribution >= 4 is 5.69 Å². The van der Waals surface area contributed by atoms with Crippen LogP contribution in [0.5, 0.6) is 5.75 Å². The molecule has 1 aromatic carbocycles. The predicted octanol–water partition coefficient (Wildman–Crippen LogP) is 1.63. The van der Waals surface area contributed by atoms with Gasteiger partial charge in [-0.1, -0.05) is 12.1 Å². The van der Waals surface area contributed by atoms with Gasteiger partial charge in [-0.15, -0.1) is 0 Å². The van der Waals surface area contributed by atoms with E-state index in [1.165, 1.54) is 0 Å². The molecule has 0 unspecified atom stereocenters. The third-order valence-electron chi connectivity index (χ3n) is 1.46. The summed E-state index contributed by atoms with van der Waals surface area (Å²) in [7, 11) is 1.60. The molecular weight excluding hydrogens is 152 g/mol. The van der Waals surface area contributed by atoms with Gasteiger partial charge in [0.25, 0.3) is 0 Å². The molecule has 1 rings (SSSR count). The lowest BCUT2D eigenvalue weighted by Crippen LogP contribution is -2.00. The first-order valence-corrected chi connectivity index (χ1v) is 3.62. The van der Waals surface area contributed by atoms with E-state index in [1.54, 1.807) is 7.11 Å². The Kier molecular flexibility index (Phi) is 2.97. The molecule has 0 saturated carbocycles. The molecule has 0 spiro atoms. The summed E-state index contributed by atoms with van der Waals surface area (Å²) in [6.45, 7) is 0.292. The van der Waals surface area contributed by atoms with E-state index < -0.39 is 0 Å². The first kappa shape index (κ1) is 8.41. The van der Waals surface area contributed by atoms with Gasteiger partial charge in [0.15, 0.2) is 0 Å². The summed E-state index contributed by atoms with van der Waals surface area (Å²) in [6.07, 6.45) is 0. The molecule has 0 bridgehead atoms. The molecule has 0 aliphatic heterocycles. The zero-order valence-corrected chi connectivity index (χ0v) is 6.87. The fraction of sp³-hybridized carbons (Fsp3) is 0.222. The summed E-state index contributed by atoms with van der Waals surface area (Å²) in [5.41, 5.74) is 0.849. The summed E-state index contributed by atoms with van der Waals surface area (Å²) in [4.78, 5) is 0. The van der Waals surface area contributed by atoms with Gasteiger partial charge in [-0.3, -0.25) is 0 Å². The largest absolute Gasteiger partial charge is 0.495 e. The Morgan fingerprint density at radius 1 is 1.50 bits per heavy atom. The van der Waals surface area contributed by atoms with Crippen LogP contribution in [-0.2, 0) is 0 Å². The van der Waals surface area contributed by atoms with Crippen molar-refractivity contribution in [2.24, 2.45) is 0 Å². The number of ether oxygens (including phenoxy) is 1. The number of nitrogens with zero attached hydrogens (tertiary/aromatic N) is 1. The fourth-order valence-electron chi connectivity index (χ4n) is 0.925. The molecule has 0 aromatic heterocycles. The van der Waals surface area contributed by atoms with Crippen molar-refractivity contribution in [1.82, 2.24) is 0 Å². The molecule has 0 heterocycles. The second kappa shape index (κ2) is 4.24. The Morgan fingerprint density at radius 3 is 2.92 bits per heavy atom. The topological polar surface area (TPSA) is 45.0 Å². The van der Waals surface area contributed by atoms with E-state index in [9.17, 15) is 0 Å². The molecule has 1 aromatic rings. The number of anilines is 1. The molecule has 3 heteroatoms. The molecule has 1 N–H and O–H groups in total. The van der Waals surface area contributed by atoms with Gasteiger partial charge in [-0.2, -0.15) is 5.26 Å². The van der Waals surface area contributed by atoms with Gasteiger partial charge in [-0.05, 0) is 12.1 Å². The zero-order chi connectivity index (χ0) is 8.81. The minimum absolute atomic E-state index is 0.292. The summed E-state index contributed by atoms with van der Waals surface area (Å²) >= 11 is 0. The van der Waals surface area contributed by atoms with E-state index in [1.807, 2.05) is 30.3 Å². The van der Waals surface area contributed by atoms with Gasteiger partial charge in [-0.25, -0.2) is 0 Å². The summed E-state index contributed by atoms with van der Waals surface area (Å²) in [5, 5.41) is 11.3. The summed E-state index contributed by atoms with van der Waals surface area (Å²) < 4.78 is 5.07. The predicted molar refractivity (Wildman–Crippen MR) is 47.1 cm³/mol. The molecule has 12 heavy (non-hydrogen) atoms. The summed E-state index contributed by atoms with van der Waals surface area (Å²) in [5.74, 6) is 0.757. The fourth-order valence-corrected chi connectivity index (χ4v) is 0.925. The number of benzene rings is 1. The van der Waals surface area contributed by atoms with Crippen LogP contribution in [0.3, 0.4) is 0 Å². The normalized spacial score (nSPS) is 8.67. The molecule has 0 atom stereocenters. The molecule has 0 fully saturated rings. The maximum Gasteiger partial charge on any atom is 0.141 e. The first-order valence-electron chi connectivity index (χ1n) is 3.62. The smallest absolute Gasteiger partial charge is 0.141 e. The number of rotatable bonds is 3. The highest BCUT2D eigenvalue weighted by molar-refractivity contribution is 5.56. The van der Waals surface area contributed by atoms with Gasteiger partial charge in [0.1, 0.15) is 12.3 Å². The molecule has 0 amide bonds. The Labute approximate surface area is 71.6 Å². The lowest BCUT2D eigenvalue weighted by molar-refractivity contribution is 0.416. The maximum absolute atomic E-state index is 8.34. The van der Waals surface area contributed by atoms with Crippen molar-refractivity contribution in [1.29, 1.82) is 5.26 Å². The van der Waals surface area contributed by atoms with Gasteiger partial charge in [0, 0.05) is 0 Å². The Balaban J connectivity index is 2.76. The Hall–Kier alpha value is -1.69. The van der Waals surface area contributed by atoms with Crippen LogP contribution in [0.2, 0.25) is 0 Å². The number of para-hydroxylation sites is 2. The number of nitrogens with one attached hydrogen (secondary N) is 1. The molecule has 0 aliphatic rings. The van der Waals surface area contributed by atoms with Crippen LogP contribution >= 0.6 is 0 Å². The minimum Gasteiger partial charge on any atom is -0.495 e. The minimum atomic E-state index is 0.292. The quantitative estimate of drug-likeness (QED) is 0.687.